The molecule has 0 saturated carbocycles. The molecule has 1 aliphatic rings. The number of anilines is 2. The first-order valence-corrected chi connectivity index (χ1v) is 5.26. The SMILES string of the molecule is CCC1CCNc2cc(C)cnc2N1. The van der Waals surface area contributed by atoms with Gasteiger partial charge in [-0.05, 0) is 31.4 Å². The summed E-state index contributed by atoms with van der Waals surface area (Å²) in [5.74, 6) is 1.000. The Balaban J connectivity index is 2.27. The molecule has 3 nitrogen and oxygen atoms in total. The van der Waals surface area contributed by atoms with Crippen LogP contribution in [0, 0.1) is 6.92 Å². The van der Waals surface area contributed by atoms with Crippen molar-refractivity contribution in [1.29, 1.82) is 0 Å². The lowest BCUT2D eigenvalue weighted by molar-refractivity contribution is 0.659. The molecule has 0 radical (unpaired) electrons. The number of aromatic nitrogens is 1. The first-order chi connectivity index (χ1) is 6.79. The quantitative estimate of drug-likeness (QED) is 0.715. The summed E-state index contributed by atoms with van der Waals surface area (Å²) < 4.78 is 0. The van der Waals surface area contributed by atoms with Crippen molar-refractivity contribution in [2.45, 2.75) is 32.7 Å². The van der Waals surface area contributed by atoms with Crippen molar-refractivity contribution in [3.63, 3.8) is 0 Å². The van der Waals surface area contributed by atoms with E-state index in [1.807, 2.05) is 6.20 Å². The second kappa shape index (κ2) is 3.86. The maximum absolute atomic E-state index is 4.40. The Kier molecular flexibility index (Phi) is 2.57. The Morgan fingerprint density at radius 1 is 1.57 bits per heavy atom. The fourth-order valence-corrected chi connectivity index (χ4v) is 1.77. The highest BCUT2D eigenvalue weighted by atomic mass is 15.1. The molecule has 2 heterocycles. The van der Waals surface area contributed by atoms with Gasteiger partial charge in [0.2, 0.25) is 0 Å². The van der Waals surface area contributed by atoms with Crippen LogP contribution in [0.4, 0.5) is 11.5 Å². The molecular formula is C11H17N3. The number of nitrogens with zero attached hydrogens (tertiary/aromatic N) is 1. The second-order valence-electron chi connectivity index (χ2n) is 3.87. The number of rotatable bonds is 1. The second-order valence-corrected chi connectivity index (χ2v) is 3.87. The summed E-state index contributed by atoms with van der Waals surface area (Å²) in [7, 11) is 0. The number of pyridine rings is 1. The normalized spacial score (nSPS) is 20.3. The van der Waals surface area contributed by atoms with Gasteiger partial charge in [-0.1, -0.05) is 6.92 Å². The van der Waals surface area contributed by atoms with Gasteiger partial charge in [-0.25, -0.2) is 4.98 Å². The molecular weight excluding hydrogens is 174 g/mol. The largest absolute Gasteiger partial charge is 0.382 e. The van der Waals surface area contributed by atoms with Crippen LogP contribution in [0.15, 0.2) is 12.3 Å². The zero-order chi connectivity index (χ0) is 9.97. The van der Waals surface area contributed by atoms with E-state index in [0.29, 0.717) is 6.04 Å². The molecule has 2 rings (SSSR count). The fraction of sp³-hybridized carbons (Fsp3) is 0.545. The Hall–Kier alpha value is -1.25. The monoisotopic (exact) mass is 191 g/mol. The van der Waals surface area contributed by atoms with E-state index < -0.39 is 0 Å². The van der Waals surface area contributed by atoms with E-state index in [1.165, 1.54) is 5.56 Å². The van der Waals surface area contributed by atoms with E-state index >= 15 is 0 Å². The lowest BCUT2D eigenvalue weighted by atomic mass is 10.1. The van der Waals surface area contributed by atoms with E-state index in [1.54, 1.807) is 0 Å². The van der Waals surface area contributed by atoms with Crippen LogP contribution in [0.5, 0.6) is 0 Å². The Morgan fingerprint density at radius 2 is 2.43 bits per heavy atom. The molecule has 1 atom stereocenters. The summed E-state index contributed by atoms with van der Waals surface area (Å²) in [6.07, 6.45) is 4.22. The van der Waals surface area contributed by atoms with Gasteiger partial charge in [0.25, 0.3) is 0 Å². The van der Waals surface area contributed by atoms with E-state index in [2.05, 4.69) is 35.5 Å². The van der Waals surface area contributed by atoms with Gasteiger partial charge < -0.3 is 10.6 Å². The minimum Gasteiger partial charge on any atom is -0.382 e. The van der Waals surface area contributed by atoms with Gasteiger partial charge in [-0.2, -0.15) is 0 Å². The minimum absolute atomic E-state index is 0.555. The highest BCUT2D eigenvalue weighted by Crippen LogP contribution is 2.24. The standard InChI is InChI=1S/C11H17N3/c1-3-9-4-5-12-10-6-8(2)7-13-11(10)14-9/h6-7,9,12H,3-5H2,1-2H3,(H,13,14). The molecule has 1 aromatic heterocycles. The predicted molar refractivity (Wildman–Crippen MR) is 59.8 cm³/mol. The third-order valence-corrected chi connectivity index (χ3v) is 2.67. The Bertz CT molecular complexity index is 322. The van der Waals surface area contributed by atoms with E-state index in [-0.39, 0.29) is 0 Å². The fourth-order valence-electron chi connectivity index (χ4n) is 1.77. The maximum Gasteiger partial charge on any atom is 0.149 e. The van der Waals surface area contributed by atoms with Crippen molar-refractivity contribution >= 4 is 11.5 Å². The van der Waals surface area contributed by atoms with Gasteiger partial charge in [0, 0.05) is 18.8 Å². The molecule has 3 heteroatoms. The molecule has 76 valence electrons. The van der Waals surface area contributed by atoms with Gasteiger partial charge in [0.05, 0.1) is 5.69 Å². The molecule has 0 aromatic carbocycles. The summed E-state index contributed by atoms with van der Waals surface area (Å²) in [6, 6.07) is 2.70. The van der Waals surface area contributed by atoms with Crippen molar-refractivity contribution in [2.75, 3.05) is 17.2 Å². The molecule has 2 N–H and O–H groups in total. The number of hydrogen-bond acceptors (Lipinski definition) is 3. The third-order valence-electron chi connectivity index (χ3n) is 2.67. The van der Waals surface area contributed by atoms with Crippen LogP contribution in [0.3, 0.4) is 0 Å². The van der Waals surface area contributed by atoms with Gasteiger partial charge in [-0.15, -0.1) is 0 Å². The summed E-state index contributed by atoms with van der Waals surface area (Å²) >= 11 is 0. The zero-order valence-electron chi connectivity index (χ0n) is 8.80. The summed E-state index contributed by atoms with van der Waals surface area (Å²) in [5, 5.41) is 6.87. The third kappa shape index (κ3) is 1.81. The van der Waals surface area contributed by atoms with Crippen LogP contribution in [0.1, 0.15) is 25.3 Å². The predicted octanol–water partition coefficient (Wildman–Crippen LogP) is 2.40. The summed E-state index contributed by atoms with van der Waals surface area (Å²) in [4.78, 5) is 4.40. The van der Waals surface area contributed by atoms with Crippen molar-refractivity contribution in [3.05, 3.63) is 17.8 Å². The van der Waals surface area contributed by atoms with Crippen LogP contribution in [-0.2, 0) is 0 Å². The van der Waals surface area contributed by atoms with Crippen molar-refractivity contribution < 1.29 is 0 Å². The van der Waals surface area contributed by atoms with E-state index in [4.69, 9.17) is 0 Å². The number of nitrogens with one attached hydrogen (secondary N) is 2. The molecule has 1 unspecified atom stereocenters. The van der Waals surface area contributed by atoms with Crippen molar-refractivity contribution in [2.24, 2.45) is 0 Å². The summed E-state index contributed by atoms with van der Waals surface area (Å²) in [6.45, 7) is 5.30. The Labute approximate surface area is 84.9 Å². The van der Waals surface area contributed by atoms with Gasteiger partial charge >= 0.3 is 0 Å². The zero-order valence-corrected chi connectivity index (χ0v) is 8.80. The Morgan fingerprint density at radius 3 is 3.21 bits per heavy atom. The van der Waals surface area contributed by atoms with E-state index in [0.717, 1.165) is 30.9 Å². The average Bonchev–Trinajstić information content (AvgIpc) is 2.38. The lowest BCUT2D eigenvalue weighted by Gasteiger charge is -2.14. The van der Waals surface area contributed by atoms with Gasteiger partial charge in [0.1, 0.15) is 5.82 Å². The molecule has 1 aromatic rings. The van der Waals surface area contributed by atoms with Gasteiger partial charge in [0.15, 0.2) is 0 Å². The molecule has 0 fully saturated rings. The molecule has 0 amide bonds. The molecule has 0 bridgehead atoms. The first kappa shape index (κ1) is 9.31. The average molecular weight is 191 g/mol. The topological polar surface area (TPSA) is 37.0 Å². The molecule has 0 spiro atoms. The molecule has 14 heavy (non-hydrogen) atoms. The lowest BCUT2D eigenvalue weighted by Crippen LogP contribution is -2.18. The van der Waals surface area contributed by atoms with Gasteiger partial charge in [-0.3, -0.25) is 0 Å². The van der Waals surface area contributed by atoms with Crippen LogP contribution in [-0.4, -0.2) is 17.6 Å². The van der Waals surface area contributed by atoms with Crippen molar-refractivity contribution in [3.8, 4) is 0 Å². The van der Waals surface area contributed by atoms with Crippen LogP contribution in [0.25, 0.3) is 0 Å². The molecule has 1 aliphatic heterocycles. The molecule has 0 aliphatic carbocycles. The van der Waals surface area contributed by atoms with Crippen molar-refractivity contribution in [1.82, 2.24) is 4.98 Å². The summed E-state index contributed by atoms with van der Waals surface area (Å²) in [5.41, 5.74) is 2.34. The van der Waals surface area contributed by atoms with Crippen LogP contribution >= 0.6 is 0 Å². The molecule has 0 saturated heterocycles. The highest BCUT2D eigenvalue weighted by molar-refractivity contribution is 5.66. The smallest absolute Gasteiger partial charge is 0.149 e. The number of hydrogen-bond donors (Lipinski definition) is 2. The highest BCUT2D eigenvalue weighted by Gasteiger charge is 2.14. The van der Waals surface area contributed by atoms with E-state index in [9.17, 15) is 0 Å². The van der Waals surface area contributed by atoms with Crippen LogP contribution < -0.4 is 10.6 Å². The minimum atomic E-state index is 0.555. The van der Waals surface area contributed by atoms with Crippen LogP contribution in [0.2, 0.25) is 0 Å². The number of fused-ring (bicyclic) bond motifs is 1. The first-order valence-electron chi connectivity index (χ1n) is 5.26. The number of aryl methyl sites for hydroxylation is 1. The maximum atomic E-state index is 4.40.